The van der Waals surface area contributed by atoms with Gasteiger partial charge in [0.05, 0.1) is 94.3 Å². The SMILES string of the molecule is CC(=O)NCC1=CC(=O)C(=O)c2c(-c3ccccc3)cn(S(=O)(=O)c3ccc([N+](=O)[O-])cc3)c21.CC(=O)Nc1ccc(S(=O)(=O)n2cc(-c3ccccc3)c3c2C(CO)=CC(=O)C3=O)cc1.Nc1ccc(S(=O)(=O)n2cc(-c3ccccc3)c3c2C(CO)=CC(=O)C3=O)cc1.O=C1C=C(CO)c2c(c(-c3ccccc3)cn2S(=O)(=O)c2ccc([N+](=O)[O-])cc2)C1=O. The number of nitrogens with zero attached hydrogens (tertiary/aromatic N) is 6. The number of allylic oxidation sites excluding steroid dienone is 4. The Morgan fingerprint density at radius 1 is 0.349 bits per heavy atom. The normalized spacial score (nSPS) is 13.6. The van der Waals surface area contributed by atoms with Crippen molar-refractivity contribution in [3.05, 3.63) is 333 Å². The third kappa shape index (κ3) is 17.0. The molecule has 4 heterocycles. The van der Waals surface area contributed by atoms with E-state index in [0.717, 1.165) is 88.7 Å². The molecule has 7 N–H and O–H groups in total. The molecule has 34 nitrogen and oxygen atoms in total. The zero-order valence-electron chi connectivity index (χ0n) is 65.4. The Kier molecular flexibility index (Phi) is 24.8. The maximum Gasteiger partial charge on any atom is 0.269 e. The molecule has 38 heteroatoms. The topological polar surface area (TPSA) is 524 Å². The summed E-state index contributed by atoms with van der Waals surface area (Å²) in [6.45, 7) is 0.528. The first-order valence-electron chi connectivity index (χ1n) is 37.2. The molecular formula is C88H65N9O25S4. The molecule has 2 amide bonds. The van der Waals surface area contributed by atoms with E-state index in [1.807, 2.05) is 0 Å². The molecule has 0 fully saturated rings. The predicted octanol–water partition coefficient (Wildman–Crippen LogP) is 9.63. The Balaban J connectivity index is 0.000000144. The van der Waals surface area contributed by atoms with Gasteiger partial charge in [-0.3, -0.25) is 68.2 Å². The minimum absolute atomic E-state index is 0.00669. The van der Waals surface area contributed by atoms with E-state index in [0.29, 0.717) is 39.2 Å². The number of aliphatic hydroxyl groups is 3. The molecule has 0 saturated heterocycles. The van der Waals surface area contributed by atoms with Crippen molar-refractivity contribution in [2.75, 3.05) is 37.4 Å². The molecule has 8 aromatic carbocycles. The first-order valence-corrected chi connectivity index (χ1v) is 42.9. The molecule has 16 rings (SSSR count). The predicted molar refractivity (Wildman–Crippen MR) is 457 cm³/mol. The second-order valence-electron chi connectivity index (χ2n) is 27.8. The summed E-state index contributed by atoms with van der Waals surface area (Å²) in [5.41, 5.74) is 8.80. The zero-order chi connectivity index (χ0) is 90.8. The molecule has 12 aromatic rings. The number of ketones is 8. The Morgan fingerprint density at radius 3 is 0.825 bits per heavy atom. The number of rotatable bonds is 20. The first-order chi connectivity index (χ1) is 59.9. The second kappa shape index (κ2) is 35.5. The number of Topliss-reactive ketones (excluding diaryl/α,β-unsaturated/α-hetero) is 4. The van der Waals surface area contributed by atoms with Gasteiger partial charge in [-0.1, -0.05) is 121 Å². The van der Waals surface area contributed by atoms with Crippen molar-refractivity contribution in [1.29, 1.82) is 0 Å². The lowest BCUT2D eigenvalue weighted by atomic mass is 9.90. The van der Waals surface area contributed by atoms with Gasteiger partial charge in [-0.25, -0.2) is 49.6 Å². The summed E-state index contributed by atoms with van der Waals surface area (Å²) in [4.78, 5) is 143. The van der Waals surface area contributed by atoms with Crippen LogP contribution in [-0.2, 0) is 68.9 Å². The fraction of sp³-hybridized carbons (Fsp3) is 0.0682. The molecule has 4 aromatic heterocycles. The van der Waals surface area contributed by atoms with Crippen molar-refractivity contribution in [1.82, 2.24) is 21.2 Å². The summed E-state index contributed by atoms with van der Waals surface area (Å²) in [7, 11) is -17.0. The van der Waals surface area contributed by atoms with Crippen LogP contribution in [0.5, 0.6) is 0 Å². The van der Waals surface area contributed by atoms with Crippen molar-refractivity contribution >= 4 is 143 Å². The number of carbonyl (C=O) groups excluding carboxylic acids is 10. The van der Waals surface area contributed by atoms with Crippen LogP contribution in [-0.4, -0.2) is 159 Å². The number of nitrogens with one attached hydrogen (secondary N) is 2. The number of nitro groups is 2. The van der Waals surface area contributed by atoms with Crippen molar-refractivity contribution in [2.45, 2.75) is 33.4 Å². The molecule has 126 heavy (non-hydrogen) atoms. The van der Waals surface area contributed by atoms with Gasteiger partial charge in [-0.15, -0.1) is 0 Å². The Morgan fingerprint density at radius 2 is 0.587 bits per heavy atom. The number of aliphatic hydroxyl groups excluding tert-OH is 3. The molecule has 0 bridgehead atoms. The maximum atomic E-state index is 13.6. The summed E-state index contributed by atoms with van der Waals surface area (Å²) in [6.07, 6.45) is 8.94. The fourth-order valence-corrected chi connectivity index (χ4v) is 19.6. The van der Waals surface area contributed by atoms with Crippen molar-refractivity contribution in [2.24, 2.45) is 0 Å². The van der Waals surface area contributed by atoms with Gasteiger partial charge in [-0.2, -0.15) is 0 Å². The van der Waals surface area contributed by atoms with Gasteiger partial charge in [0.25, 0.3) is 51.5 Å². The minimum atomic E-state index is -4.35. The number of nitrogen functional groups attached to an aromatic ring is 1. The van der Waals surface area contributed by atoms with E-state index in [1.165, 1.54) is 87.2 Å². The molecule has 0 saturated carbocycles. The van der Waals surface area contributed by atoms with Crippen molar-refractivity contribution < 1.29 is 107 Å². The number of aromatic nitrogens is 4. The van der Waals surface area contributed by atoms with E-state index in [9.17, 15) is 117 Å². The quantitative estimate of drug-likeness (QED) is 0.0179. The highest BCUT2D eigenvalue weighted by atomic mass is 32.2. The highest BCUT2D eigenvalue weighted by Gasteiger charge is 2.42. The largest absolute Gasteiger partial charge is 0.399 e. The number of carbonyl (C=O) groups is 10. The van der Waals surface area contributed by atoms with E-state index in [1.54, 1.807) is 121 Å². The lowest BCUT2D eigenvalue weighted by molar-refractivity contribution is -0.385. The second-order valence-corrected chi connectivity index (χ2v) is 35.1. The van der Waals surface area contributed by atoms with Crippen LogP contribution in [0.25, 0.3) is 66.8 Å². The molecule has 4 aliphatic carbocycles. The average Bonchev–Trinajstić information content (AvgIpc) is 1.57. The third-order valence-electron chi connectivity index (χ3n) is 19.9. The van der Waals surface area contributed by atoms with Gasteiger partial charge in [0.1, 0.15) is 0 Å². The van der Waals surface area contributed by atoms with E-state index in [-0.39, 0.29) is 127 Å². The van der Waals surface area contributed by atoms with Gasteiger partial charge in [0.2, 0.25) is 58.1 Å². The van der Waals surface area contributed by atoms with E-state index in [2.05, 4.69) is 10.6 Å². The molecule has 0 aliphatic heterocycles. The number of anilines is 2. The average molecular weight is 1780 g/mol. The van der Waals surface area contributed by atoms with Gasteiger partial charge in [-0.05, 0) is 119 Å². The monoisotopic (exact) mass is 1780 g/mol. The van der Waals surface area contributed by atoms with Crippen LogP contribution < -0.4 is 16.4 Å². The number of amides is 2. The number of hydrogen-bond donors (Lipinski definition) is 6. The van der Waals surface area contributed by atoms with Gasteiger partial charge < -0.3 is 31.7 Å². The number of nitro benzene ring substituents is 2. The lowest BCUT2D eigenvalue weighted by Gasteiger charge is -2.18. The smallest absolute Gasteiger partial charge is 0.269 e. The van der Waals surface area contributed by atoms with Crippen LogP contribution in [0.4, 0.5) is 22.7 Å². The molecule has 0 radical (unpaired) electrons. The number of non-ortho nitro benzene ring substituents is 2. The Labute approximate surface area is 715 Å². The molecule has 0 unspecified atom stereocenters. The lowest BCUT2D eigenvalue weighted by Crippen LogP contribution is -2.28. The molecule has 636 valence electrons. The van der Waals surface area contributed by atoms with Crippen LogP contribution in [0.15, 0.2) is 287 Å². The molecular weight excluding hydrogens is 1710 g/mol. The molecule has 4 aliphatic rings. The summed E-state index contributed by atoms with van der Waals surface area (Å²) in [5.74, 6) is -7.46. The number of nitrogens with two attached hydrogens (primary N) is 1. The Hall–Kier alpha value is -15.6. The van der Waals surface area contributed by atoms with Crippen LogP contribution >= 0.6 is 0 Å². The van der Waals surface area contributed by atoms with Gasteiger partial charge >= 0.3 is 0 Å². The van der Waals surface area contributed by atoms with Crippen molar-refractivity contribution in [3.63, 3.8) is 0 Å². The zero-order valence-corrected chi connectivity index (χ0v) is 68.7. The van der Waals surface area contributed by atoms with E-state index < -0.39 is 122 Å². The standard InChI is InChI=1S/C23H17N3O7S.C23H18N2O6S.C21H14N2O7S.C21H16N2O5S/c1-14(27)24-12-16-11-20(28)23(29)21-19(15-5-3-2-4-6-15)13-25(22(16)21)34(32,33)18-9-7-17(8-10-18)26(30)31;1-14(27)24-17-7-9-18(10-8-17)32(30,31)25-12-19(15-5-3-2-4-6-15)21-22(25)16(13-26)11-20(28)23(21)29;24-12-14-10-18(25)21(26)19-17(13-4-2-1-3-5-13)11-22(20(14)19)31(29,30)16-8-6-15(7-9-16)23(27)28;22-15-6-8-16(9-7-15)29(27,28)23-11-17(13-4-2-1-3-5-13)19-20(23)14(12-24)10-18(25)21(19)26/h2-11,13H,12H2,1H3,(H,24,27);2-12,26H,13H2,1H3,(H,24,27);1-11,24H,12H2;1-11,24H,12,22H2. The van der Waals surface area contributed by atoms with E-state index in [4.69, 9.17) is 5.73 Å². The van der Waals surface area contributed by atoms with Crippen molar-refractivity contribution in [3.8, 4) is 44.5 Å². The van der Waals surface area contributed by atoms with Crippen LogP contribution in [0.2, 0.25) is 0 Å². The van der Waals surface area contributed by atoms with Gasteiger partial charge in [0, 0.05) is 125 Å². The number of benzene rings is 8. The van der Waals surface area contributed by atoms with Crippen LogP contribution in [0.3, 0.4) is 0 Å². The molecule has 0 spiro atoms. The maximum absolute atomic E-state index is 13.6. The highest BCUT2D eigenvalue weighted by Crippen LogP contribution is 2.43. The third-order valence-corrected chi connectivity index (χ3v) is 26.6. The van der Waals surface area contributed by atoms with Crippen LogP contribution in [0.1, 0.15) is 78.1 Å². The molecule has 0 atom stereocenters. The van der Waals surface area contributed by atoms with Crippen LogP contribution in [0, 0.1) is 20.2 Å². The summed E-state index contributed by atoms with van der Waals surface area (Å²) in [6, 6.07) is 54.0. The highest BCUT2D eigenvalue weighted by molar-refractivity contribution is 7.91. The summed E-state index contributed by atoms with van der Waals surface area (Å²) in [5, 5.41) is 56.3. The summed E-state index contributed by atoms with van der Waals surface area (Å²) >= 11 is 0. The van der Waals surface area contributed by atoms with E-state index >= 15 is 0 Å². The first kappa shape index (κ1) is 88.2. The number of fused-ring (bicyclic) bond motifs is 4. The number of hydrogen-bond acceptors (Lipinski definition) is 26. The Bertz CT molecular complexity index is 7240. The minimum Gasteiger partial charge on any atom is -0.399 e. The van der Waals surface area contributed by atoms with Gasteiger partial charge in [0.15, 0.2) is 0 Å². The summed E-state index contributed by atoms with van der Waals surface area (Å²) < 4.78 is 111. The fourth-order valence-electron chi connectivity index (χ4n) is 14.0.